The van der Waals surface area contributed by atoms with Crippen LogP contribution in [0, 0.1) is 11.6 Å². The Morgan fingerprint density at radius 2 is 1.85 bits per heavy atom. The first-order valence-corrected chi connectivity index (χ1v) is 12.3. The number of hydrogen-bond acceptors (Lipinski definition) is 6. The van der Waals surface area contributed by atoms with Gasteiger partial charge < -0.3 is 19.5 Å². The number of carbonyl (C=O) groups excluding carboxylic acids is 1. The minimum atomic E-state index is -0.764. The maximum absolute atomic E-state index is 15.1. The predicted octanol–water partition coefficient (Wildman–Crippen LogP) is 5.65. The van der Waals surface area contributed by atoms with Crippen molar-refractivity contribution in [2.45, 2.75) is 6.42 Å². The van der Waals surface area contributed by atoms with Crippen LogP contribution in [0.2, 0.25) is 0 Å². The minimum absolute atomic E-state index is 0.0732. The van der Waals surface area contributed by atoms with Gasteiger partial charge in [0.25, 0.3) is 11.5 Å². The first-order valence-electron chi connectivity index (χ1n) is 12.3. The molecule has 40 heavy (non-hydrogen) atoms. The zero-order valence-electron chi connectivity index (χ0n) is 21.1. The summed E-state index contributed by atoms with van der Waals surface area (Å²) < 4.78 is 46.5. The number of anilines is 1. The second-order valence-corrected chi connectivity index (χ2v) is 9.00. The summed E-state index contributed by atoms with van der Waals surface area (Å²) >= 11 is 0. The van der Waals surface area contributed by atoms with Crippen molar-refractivity contribution in [1.29, 1.82) is 0 Å². The molecule has 0 unspecified atom stereocenters. The molecule has 0 fully saturated rings. The average molecular weight is 542 g/mol. The fraction of sp³-hybridized carbons (Fsp3) is 0.100. The van der Waals surface area contributed by atoms with Crippen LogP contribution in [0.25, 0.3) is 16.6 Å². The lowest BCUT2D eigenvalue weighted by Crippen LogP contribution is -2.29. The highest BCUT2D eigenvalue weighted by atomic mass is 19.1. The van der Waals surface area contributed by atoms with Crippen molar-refractivity contribution in [3.8, 4) is 28.7 Å². The van der Waals surface area contributed by atoms with Gasteiger partial charge in [0.05, 0.1) is 19.2 Å². The maximum atomic E-state index is 15.1. The van der Waals surface area contributed by atoms with E-state index in [1.807, 2.05) is 0 Å². The monoisotopic (exact) mass is 541 g/mol. The van der Waals surface area contributed by atoms with Crippen LogP contribution in [0.4, 0.5) is 14.5 Å². The highest BCUT2D eigenvalue weighted by Gasteiger charge is 2.27. The van der Waals surface area contributed by atoms with E-state index in [-0.39, 0.29) is 22.7 Å². The third kappa shape index (κ3) is 4.60. The Bertz CT molecular complexity index is 1840. The van der Waals surface area contributed by atoms with Gasteiger partial charge in [-0.05, 0) is 60.7 Å². The van der Waals surface area contributed by atoms with Crippen LogP contribution in [0.15, 0.2) is 83.9 Å². The number of nitrogens with zero attached hydrogens (tertiary/aromatic N) is 2. The Hall–Kier alpha value is -5.25. The van der Waals surface area contributed by atoms with Crippen molar-refractivity contribution in [1.82, 2.24) is 9.55 Å². The van der Waals surface area contributed by atoms with E-state index in [9.17, 15) is 14.0 Å². The van der Waals surface area contributed by atoms with Gasteiger partial charge in [-0.15, -0.1) is 0 Å². The number of pyridine rings is 2. The van der Waals surface area contributed by atoms with Crippen LogP contribution >= 0.6 is 0 Å². The number of rotatable bonds is 6. The van der Waals surface area contributed by atoms with Crippen LogP contribution in [0.3, 0.4) is 0 Å². The molecule has 0 saturated heterocycles. The van der Waals surface area contributed by atoms with Gasteiger partial charge in [0.15, 0.2) is 11.6 Å². The number of aromatic nitrogens is 2. The summed E-state index contributed by atoms with van der Waals surface area (Å²) in [6.45, 7) is 0.304. The van der Waals surface area contributed by atoms with E-state index in [4.69, 9.17) is 14.2 Å². The summed E-state index contributed by atoms with van der Waals surface area (Å²) in [4.78, 5) is 30.9. The van der Waals surface area contributed by atoms with Crippen LogP contribution in [-0.4, -0.2) is 29.2 Å². The molecule has 1 aliphatic heterocycles. The van der Waals surface area contributed by atoms with Crippen LogP contribution in [-0.2, 0) is 6.42 Å². The molecule has 0 bridgehead atoms. The Balaban J connectivity index is 1.29. The summed E-state index contributed by atoms with van der Waals surface area (Å²) in [7, 11) is 1.54. The van der Waals surface area contributed by atoms with E-state index >= 15 is 4.39 Å². The number of amides is 1. The number of hydrogen-bond donors (Lipinski definition) is 1. The molecule has 3 aromatic carbocycles. The van der Waals surface area contributed by atoms with Gasteiger partial charge in [0, 0.05) is 47.2 Å². The summed E-state index contributed by atoms with van der Waals surface area (Å²) in [6, 6.07) is 16.1. The molecule has 8 nitrogen and oxygen atoms in total. The maximum Gasteiger partial charge on any atom is 0.271 e. The van der Waals surface area contributed by atoms with Crippen molar-refractivity contribution in [3.05, 3.63) is 112 Å². The fourth-order valence-electron chi connectivity index (χ4n) is 4.54. The van der Waals surface area contributed by atoms with E-state index < -0.39 is 23.1 Å². The molecule has 5 aromatic rings. The molecule has 1 amide bonds. The predicted molar refractivity (Wildman–Crippen MR) is 144 cm³/mol. The molecule has 200 valence electrons. The molecule has 1 aliphatic rings. The van der Waals surface area contributed by atoms with E-state index in [1.165, 1.54) is 41.0 Å². The van der Waals surface area contributed by atoms with Crippen molar-refractivity contribution < 1.29 is 27.8 Å². The van der Waals surface area contributed by atoms with Crippen LogP contribution in [0.1, 0.15) is 15.9 Å². The van der Waals surface area contributed by atoms with E-state index in [0.29, 0.717) is 46.7 Å². The summed E-state index contributed by atoms with van der Waals surface area (Å²) in [6.07, 6.45) is 3.63. The standard InChI is InChI=1S/C30H21F2N3O5/c1-38-21-7-8-24-22(15-21)25(10-12-33-24)40-26-9-4-19(14-23(26)32)34-29(36)27-28-17(11-13-39-28)16-35(30(27)37)20-5-2-18(31)3-6-20/h2-10,12,14-16H,11,13H2,1H3,(H,34,36). The van der Waals surface area contributed by atoms with E-state index in [1.54, 1.807) is 43.8 Å². The van der Waals surface area contributed by atoms with Crippen LogP contribution < -0.4 is 25.1 Å². The van der Waals surface area contributed by atoms with Gasteiger partial charge >= 0.3 is 0 Å². The number of ether oxygens (including phenoxy) is 3. The quantitative estimate of drug-likeness (QED) is 0.299. The molecule has 0 atom stereocenters. The fourth-order valence-corrected chi connectivity index (χ4v) is 4.54. The lowest BCUT2D eigenvalue weighted by molar-refractivity contribution is 0.102. The third-order valence-electron chi connectivity index (χ3n) is 6.50. The number of carbonyl (C=O) groups is 1. The molecule has 3 heterocycles. The molecule has 0 spiro atoms. The normalized spacial score (nSPS) is 12.1. The molecular weight excluding hydrogens is 520 g/mol. The van der Waals surface area contributed by atoms with Crippen molar-refractivity contribution in [2.24, 2.45) is 0 Å². The highest BCUT2D eigenvalue weighted by Crippen LogP contribution is 2.34. The summed E-state index contributed by atoms with van der Waals surface area (Å²) in [5.41, 5.74) is 0.933. The van der Waals surface area contributed by atoms with Crippen molar-refractivity contribution in [2.75, 3.05) is 19.0 Å². The molecule has 0 radical (unpaired) electrons. The first-order chi connectivity index (χ1) is 19.4. The first kappa shape index (κ1) is 25.1. The second-order valence-electron chi connectivity index (χ2n) is 9.00. The van der Waals surface area contributed by atoms with Crippen molar-refractivity contribution in [3.63, 3.8) is 0 Å². The van der Waals surface area contributed by atoms with Gasteiger partial charge in [-0.2, -0.15) is 0 Å². The Kier molecular flexibility index (Phi) is 6.35. The van der Waals surface area contributed by atoms with Gasteiger partial charge in [0.2, 0.25) is 0 Å². The lowest BCUT2D eigenvalue weighted by Gasteiger charge is -2.14. The Labute approximate surface area is 226 Å². The molecule has 6 rings (SSSR count). The smallest absolute Gasteiger partial charge is 0.271 e. The van der Waals surface area contributed by atoms with Crippen molar-refractivity contribution >= 4 is 22.5 Å². The number of benzene rings is 3. The largest absolute Gasteiger partial charge is 0.497 e. The minimum Gasteiger partial charge on any atom is -0.497 e. The van der Waals surface area contributed by atoms with E-state index in [2.05, 4.69) is 10.3 Å². The zero-order valence-corrected chi connectivity index (χ0v) is 21.1. The molecule has 0 aliphatic carbocycles. The van der Waals surface area contributed by atoms with E-state index in [0.717, 1.165) is 6.07 Å². The molecular formula is C30H21F2N3O5. The second kappa shape index (κ2) is 10.1. The lowest BCUT2D eigenvalue weighted by atomic mass is 10.1. The summed E-state index contributed by atoms with van der Waals surface area (Å²) in [5.74, 6) is -0.872. The highest BCUT2D eigenvalue weighted by molar-refractivity contribution is 6.06. The van der Waals surface area contributed by atoms with Crippen LogP contribution in [0.5, 0.6) is 23.0 Å². The Morgan fingerprint density at radius 3 is 2.62 bits per heavy atom. The molecule has 1 N–H and O–H groups in total. The zero-order chi connectivity index (χ0) is 27.8. The molecule has 10 heteroatoms. The number of fused-ring (bicyclic) bond motifs is 2. The van der Waals surface area contributed by atoms with Gasteiger partial charge in [0.1, 0.15) is 28.6 Å². The topological polar surface area (TPSA) is 91.7 Å². The number of methoxy groups -OCH3 is 1. The Morgan fingerprint density at radius 1 is 1.02 bits per heavy atom. The van der Waals surface area contributed by atoms with Gasteiger partial charge in [-0.25, -0.2) is 8.78 Å². The molecule has 0 saturated carbocycles. The van der Waals surface area contributed by atoms with Gasteiger partial charge in [-0.3, -0.25) is 19.1 Å². The average Bonchev–Trinajstić information content (AvgIpc) is 3.42. The molecule has 2 aromatic heterocycles. The third-order valence-corrected chi connectivity index (χ3v) is 6.50. The SMILES string of the molecule is COc1ccc2nccc(Oc3ccc(NC(=O)c4c5c(cn(-c6ccc(F)cc6)c4=O)CCO5)cc3F)c2c1. The van der Waals surface area contributed by atoms with Gasteiger partial charge in [-0.1, -0.05) is 0 Å². The number of nitrogens with one attached hydrogen (secondary N) is 1. The summed E-state index contributed by atoms with van der Waals surface area (Å²) in [5, 5.41) is 3.21. The number of halogens is 2.